The van der Waals surface area contributed by atoms with Crippen LogP contribution in [-0.2, 0) is 10.2 Å². The highest BCUT2D eigenvalue weighted by Crippen LogP contribution is 2.39. The van der Waals surface area contributed by atoms with Crippen LogP contribution in [0.2, 0.25) is 0 Å². The molecular weight excluding hydrogens is 344 g/mol. The monoisotopic (exact) mass is 372 g/mol. The SMILES string of the molecule is COc1cc(NCC(=O)Nc2ccc(C(C)(C)C)cc2)cc(OC)c1OC. The molecule has 1 amide bonds. The Hall–Kier alpha value is -2.89. The Morgan fingerprint density at radius 2 is 1.44 bits per heavy atom. The third-order valence-corrected chi connectivity index (χ3v) is 4.15. The number of amides is 1. The van der Waals surface area contributed by atoms with Gasteiger partial charge in [0, 0.05) is 23.5 Å². The van der Waals surface area contributed by atoms with Gasteiger partial charge in [-0.15, -0.1) is 0 Å². The Kier molecular flexibility index (Phi) is 6.55. The van der Waals surface area contributed by atoms with E-state index < -0.39 is 0 Å². The third-order valence-electron chi connectivity index (χ3n) is 4.15. The smallest absolute Gasteiger partial charge is 0.243 e. The van der Waals surface area contributed by atoms with Crippen molar-refractivity contribution in [3.8, 4) is 17.2 Å². The molecule has 146 valence electrons. The van der Waals surface area contributed by atoms with Gasteiger partial charge in [-0.1, -0.05) is 32.9 Å². The number of benzene rings is 2. The maximum atomic E-state index is 12.2. The van der Waals surface area contributed by atoms with Crippen LogP contribution in [0.15, 0.2) is 36.4 Å². The molecule has 0 bridgehead atoms. The zero-order chi connectivity index (χ0) is 20.0. The quantitative estimate of drug-likeness (QED) is 0.767. The van der Waals surface area contributed by atoms with Gasteiger partial charge in [0.05, 0.1) is 27.9 Å². The lowest BCUT2D eigenvalue weighted by molar-refractivity contribution is -0.114. The zero-order valence-electron chi connectivity index (χ0n) is 16.8. The molecule has 0 saturated carbocycles. The Bertz CT molecular complexity index is 755. The highest BCUT2D eigenvalue weighted by atomic mass is 16.5. The van der Waals surface area contributed by atoms with E-state index in [9.17, 15) is 4.79 Å². The van der Waals surface area contributed by atoms with Gasteiger partial charge in [0.25, 0.3) is 0 Å². The molecule has 0 heterocycles. The Labute approximate surface area is 160 Å². The number of methoxy groups -OCH3 is 3. The second-order valence-electron chi connectivity index (χ2n) is 7.14. The summed E-state index contributed by atoms with van der Waals surface area (Å²) in [6.45, 7) is 6.57. The number of nitrogens with one attached hydrogen (secondary N) is 2. The minimum absolute atomic E-state index is 0.0799. The molecule has 0 aliphatic carbocycles. The van der Waals surface area contributed by atoms with Gasteiger partial charge in [-0.2, -0.15) is 0 Å². The molecule has 0 aliphatic heterocycles. The standard InChI is InChI=1S/C21H28N2O4/c1-21(2,3)14-7-9-15(10-8-14)23-19(24)13-22-16-11-17(25-4)20(27-6)18(12-16)26-5/h7-12,22H,13H2,1-6H3,(H,23,24). The predicted octanol–water partition coefficient (Wildman–Crippen LogP) is 4.06. The zero-order valence-corrected chi connectivity index (χ0v) is 16.8. The van der Waals surface area contributed by atoms with Crippen molar-refractivity contribution in [2.75, 3.05) is 38.5 Å². The molecule has 0 spiro atoms. The summed E-state index contributed by atoms with van der Waals surface area (Å²) in [5.74, 6) is 1.41. The molecule has 27 heavy (non-hydrogen) atoms. The first-order valence-corrected chi connectivity index (χ1v) is 8.72. The number of hydrogen-bond donors (Lipinski definition) is 2. The summed E-state index contributed by atoms with van der Waals surface area (Å²) in [5, 5.41) is 5.96. The van der Waals surface area contributed by atoms with Crippen LogP contribution >= 0.6 is 0 Å². The fourth-order valence-corrected chi connectivity index (χ4v) is 2.62. The van der Waals surface area contributed by atoms with Crippen LogP contribution in [0.3, 0.4) is 0 Å². The number of carbonyl (C=O) groups excluding carboxylic acids is 1. The van der Waals surface area contributed by atoms with E-state index in [0.717, 1.165) is 5.69 Å². The van der Waals surface area contributed by atoms with Crippen molar-refractivity contribution in [2.24, 2.45) is 0 Å². The first kappa shape index (κ1) is 20.4. The van der Waals surface area contributed by atoms with E-state index in [1.165, 1.54) is 5.56 Å². The van der Waals surface area contributed by atoms with Crippen LogP contribution in [0.1, 0.15) is 26.3 Å². The Morgan fingerprint density at radius 3 is 1.89 bits per heavy atom. The van der Waals surface area contributed by atoms with Crippen molar-refractivity contribution in [3.63, 3.8) is 0 Å². The lowest BCUT2D eigenvalue weighted by atomic mass is 9.87. The van der Waals surface area contributed by atoms with E-state index in [0.29, 0.717) is 22.9 Å². The van der Waals surface area contributed by atoms with E-state index in [-0.39, 0.29) is 17.9 Å². The second kappa shape index (κ2) is 8.66. The van der Waals surface area contributed by atoms with E-state index in [1.807, 2.05) is 24.3 Å². The van der Waals surface area contributed by atoms with Crippen LogP contribution in [0.25, 0.3) is 0 Å². The van der Waals surface area contributed by atoms with Crippen molar-refractivity contribution in [1.29, 1.82) is 0 Å². The number of carbonyl (C=O) groups is 1. The van der Waals surface area contributed by atoms with Gasteiger partial charge in [-0.3, -0.25) is 4.79 Å². The highest BCUT2D eigenvalue weighted by Gasteiger charge is 2.15. The van der Waals surface area contributed by atoms with Crippen molar-refractivity contribution >= 4 is 17.3 Å². The molecule has 0 atom stereocenters. The molecule has 6 heteroatoms. The maximum absolute atomic E-state index is 12.2. The van der Waals surface area contributed by atoms with Gasteiger partial charge >= 0.3 is 0 Å². The van der Waals surface area contributed by atoms with E-state index in [4.69, 9.17) is 14.2 Å². The van der Waals surface area contributed by atoms with Gasteiger partial charge in [0.2, 0.25) is 11.7 Å². The Balaban J connectivity index is 2.01. The molecule has 0 unspecified atom stereocenters. The van der Waals surface area contributed by atoms with Crippen molar-refractivity contribution in [1.82, 2.24) is 0 Å². The molecule has 0 saturated heterocycles. The molecule has 0 fully saturated rings. The van der Waals surface area contributed by atoms with E-state index in [1.54, 1.807) is 33.5 Å². The fraction of sp³-hybridized carbons (Fsp3) is 0.381. The largest absolute Gasteiger partial charge is 0.493 e. The molecular formula is C21H28N2O4. The normalized spacial score (nSPS) is 10.9. The van der Waals surface area contributed by atoms with Crippen LogP contribution < -0.4 is 24.8 Å². The topological polar surface area (TPSA) is 68.8 Å². The summed E-state index contributed by atoms with van der Waals surface area (Å²) < 4.78 is 15.9. The van der Waals surface area contributed by atoms with Gasteiger partial charge in [0.15, 0.2) is 11.5 Å². The van der Waals surface area contributed by atoms with Crippen molar-refractivity contribution in [2.45, 2.75) is 26.2 Å². The van der Waals surface area contributed by atoms with Gasteiger partial charge < -0.3 is 24.8 Å². The van der Waals surface area contributed by atoms with Crippen LogP contribution in [0.5, 0.6) is 17.2 Å². The first-order chi connectivity index (χ1) is 12.8. The fourth-order valence-electron chi connectivity index (χ4n) is 2.62. The molecule has 0 aromatic heterocycles. The minimum Gasteiger partial charge on any atom is -0.493 e. The highest BCUT2D eigenvalue weighted by molar-refractivity contribution is 5.93. The lowest BCUT2D eigenvalue weighted by Crippen LogP contribution is -2.22. The molecule has 2 aromatic rings. The number of hydrogen-bond acceptors (Lipinski definition) is 5. The van der Waals surface area contributed by atoms with Crippen molar-refractivity contribution in [3.05, 3.63) is 42.0 Å². The Morgan fingerprint density at radius 1 is 0.889 bits per heavy atom. The lowest BCUT2D eigenvalue weighted by Gasteiger charge is -2.19. The first-order valence-electron chi connectivity index (χ1n) is 8.72. The van der Waals surface area contributed by atoms with E-state index >= 15 is 0 Å². The van der Waals surface area contributed by atoms with Gasteiger partial charge in [0.1, 0.15) is 0 Å². The van der Waals surface area contributed by atoms with Crippen LogP contribution in [0, 0.1) is 0 Å². The molecule has 2 aromatic carbocycles. The minimum atomic E-state index is -0.146. The average molecular weight is 372 g/mol. The molecule has 0 aliphatic rings. The number of anilines is 2. The maximum Gasteiger partial charge on any atom is 0.243 e. The van der Waals surface area contributed by atoms with Gasteiger partial charge in [-0.05, 0) is 23.1 Å². The summed E-state index contributed by atoms with van der Waals surface area (Å²) in [7, 11) is 4.65. The number of rotatable bonds is 7. The molecule has 6 nitrogen and oxygen atoms in total. The van der Waals surface area contributed by atoms with Crippen LogP contribution in [-0.4, -0.2) is 33.8 Å². The average Bonchev–Trinajstić information content (AvgIpc) is 2.65. The third kappa shape index (κ3) is 5.29. The molecule has 0 radical (unpaired) electrons. The summed E-state index contributed by atoms with van der Waals surface area (Å²) in [5.41, 5.74) is 2.76. The van der Waals surface area contributed by atoms with Gasteiger partial charge in [-0.25, -0.2) is 0 Å². The van der Waals surface area contributed by atoms with Crippen molar-refractivity contribution < 1.29 is 19.0 Å². The van der Waals surface area contributed by atoms with E-state index in [2.05, 4.69) is 31.4 Å². The number of ether oxygens (including phenoxy) is 3. The predicted molar refractivity (Wildman–Crippen MR) is 108 cm³/mol. The molecule has 2 N–H and O–H groups in total. The summed E-state index contributed by atoms with van der Waals surface area (Å²) in [6, 6.07) is 11.4. The molecule has 2 rings (SSSR count). The summed E-state index contributed by atoms with van der Waals surface area (Å²) in [4.78, 5) is 12.2. The summed E-state index contributed by atoms with van der Waals surface area (Å²) in [6.07, 6.45) is 0. The summed E-state index contributed by atoms with van der Waals surface area (Å²) >= 11 is 0. The van der Waals surface area contributed by atoms with Crippen LogP contribution in [0.4, 0.5) is 11.4 Å². The second-order valence-corrected chi connectivity index (χ2v) is 7.14.